The molecule has 0 aliphatic carbocycles. The highest BCUT2D eigenvalue weighted by Crippen LogP contribution is 2.29. The molecule has 4 heterocycles. The Hall–Kier alpha value is -2.14. The van der Waals surface area contributed by atoms with E-state index in [0.717, 1.165) is 25.5 Å². The molecule has 1 saturated heterocycles. The van der Waals surface area contributed by atoms with E-state index in [-0.39, 0.29) is 0 Å². The van der Waals surface area contributed by atoms with Crippen molar-refractivity contribution in [1.29, 1.82) is 0 Å². The summed E-state index contributed by atoms with van der Waals surface area (Å²) in [6, 6.07) is 8.58. The van der Waals surface area contributed by atoms with Crippen LogP contribution < -0.4 is 0 Å². The molecule has 3 aromatic rings. The Morgan fingerprint density at radius 1 is 1.24 bits per heavy atom. The second-order valence-electron chi connectivity index (χ2n) is 7.51. The number of hydrogen-bond donors (Lipinski definition) is 1. The van der Waals surface area contributed by atoms with Gasteiger partial charge in [0.15, 0.2) is 0 Å². The van der Waals surface area contributed by atoms with Crippen molar-refractivity contribution in [3.63, 3.8) is 0 Å². The van der Waals surface area contributed by atoms with Crippen LogP contribution >= 0.6 is 0 Å². The summed E-state index contributed by atoms with van der Waals surface area (Å²) in [4.78, 5) is 7.32. The van der Waals surface area contributed by atoms with Crippen LogP contribution in [0.3, 0.4) is 0 Å². The number of aromatic amines is 1. The average Bonchev–Trinajstić information content (AvgIpc) is 3.22. The number of imidazole rings is 1. The van der Waals surface area contributed by atoms with Crippen LogP contribution in [-0.4, -0.2) is 37.6 Å². The fourth-order valence-corrected chi connectivity index (χ4v) is 3.86. The molecule has 0 unspecified atom stereocenters. The van der Waals surface area contributed by atoms with Crippen LogP contribution in [0.1, 0.15) is 61.4 Å². The lowest BCUT2D eigenvalue weighted by atomic mass is 9.93. The number of aromatic nitrogens is 4. The molecule has 5 nitrogen and oxygen atoms in total. The number of piperidine rings is 1. The largest absolute Gasteiger partial charge is 0.304 e. The van der Waals surface area contributed by atoms with Crippen LogP contribution in [0.25, 0.3) is 5.52 Å². The molecular weight excluding hydrogens is 310 g/mol. The lowest BCUT2D eigenvalue weighted by molar-refractivity contribution is 0.202. The third-order valence-electron chi connectivity index (χ3n) is 5.41. The number of fused-ring (bicyclic) bond motifs is 1. The molecule has 0 atom stereocenters. The van der Waals surface area contributed by atoms with Gasteiger partial charge in [-0.2, -0.15) is 5.10 Å². The van der Waals surface area contributed by atoms with Crippen molar-refractivity contribution in [2.24, 2.45) is 0 Å². The van der Waals surface area contributed by atoms with Gasteiger partial charge in [0.05, 0.1) is 16.9 Å². The van der Waals surface area contributed by atoms with Crippen LogP contribution in [0, 0.1) is 6.92 Å². The molecule has 5 heteroatoms. The fraction of sp³-hybridized carbons (Fsp3) is 0.500. The molecule has 0 amide bonds. The summed E-state index contributed by atoms with van der Waals surface area (Å²) in [7, 11) is 0. The number of H-pyrrole nitrogens is 1. The summed E-state index contributed by atoms with van der Waals surface area (Å²) >= 11 is 0. The Morgan fingerprint density at radius 3 is 2.76 bits per heavy atom. The van der Waals surface area contributed by atoms with E-state index in [0.29, 0.717) is 11.8 Å². The lowest BCUT2D eigenvalue weighted by Crippen LogP contribution is -2.32. The molecule has 4 rings (SSSR count). The zero-order valence-corrected chi connectivity index (χ0v) is 15.4. The summed E-state index contributed by atoms with van der Waals surface area (Å²) in [6.45, 7) is 9.64. The van der Waals surface area contributed by atoms with Gasteiger partial charge in [0.25, 0.3) is 0 Å². The van der Waals surface area contributed by atoms with Gasteiger partial charge in [-0.05, 0) is 57.0 Å². The smallest absolute Gasteiger partial charge is 0.110 e. The molecule has 25 heavy (non-hydrogen) atoms. The monoisotopic (exact) mass is 337 g/mol. The highest BCUT2D eigenvalue weighted by Gasteiger charge is 2.23. The molecular formula is C20H27N5. The van der Waals surface area contributed by atoms with Crippen molar-refractivity contribution in [2.45, 2.75) is 52.0 Å². The topological polar surface area (TPSA) is 49.2 Å². The van der Waals surface area contributed by atoms with Crippen LogP contribution in [-0.2, 0) is 6.54 Å². The number of rotatable bonds is 4. The number of nitrogens with one attached hydrogen (secondary N) is 1. The van der Waals surface area contributed by atoms with Gasteiger partial charge < -0.3 is 4.40 Å². The number of aryl methyl sites for hydroxylation is 1. The Labute approximate surface area is 149 Å². The van der Waals surface area contributed by atoms with Crippen LogP contribution in [0.5, 0.6) is 0 Å². The Balaban J connectivity index is 1.41. The SMILES string of the molecule is Cc1nc(CN2CCC(c3cc(C(C)C)n[nH]3)CC2)c2ccccn12. The number of nitrogens with zero attached hydrogens (tertiary/aromatic N) is 4. The van der Waals surface area contributed by atoms with Gasteiger partial charge in [-0.15, -0.1) is 0 Å². The van der Waals surface area contributed by atoms with Crippen LogP contribution in [0.15, 0.2) is 30.5 Å². The second kappa shape index (κ2) is 6.64. The summed E-state index contributed by atoms with van der Waals surface area (Å²) < 4.78 is 2.18. The van der Waals surface area contributed by atoms with Gasteiger partial charge in [0.2, 0.25) is 0 Å². The standard InChI is InChI=1S/C20H27N5/c1-14(2)17-12-18(23-22-17)16-7-10-24(11-8-16)13-19-20-6-4-5-9-25(20)15(3)21-19/h4-6,9,12,14,16H,7-8,10-11,13H2,1-3H3,(H,22,23). The van der Waals surface area contributed by atoms with E-state index in [1.165, 1.54) is 35.4 Å². The van der Waals surface area contributed by atoms with Gasteiger partial charge in [0, 0.05) is 24.4 Å². The van der Waals surface area contributed by atoms with E-state index in [4.69, 9.17) is 4.98 Å². The van der Waals surface area contributed by atoms with Crippen molar-refractivity contribution in [2.75, 3.05) is 13.1 Å². The summed E-state index contributed by atoms with van der Waals surface area (Å²) in [5, 5.41) is 7.73. The highest BCUT2D eigenvalue weighted by molar-refractivity contribution is 5.53. The molecule has 0 spiro atoms. The molecule has 0 saturated carbocycles. The van der Waals surface area contributed by atoms with E-state index < -0.39 is 0 Å². The maximum absolute atomic E-state index is 4.79. The lowest BCUT2D eigenvalue weighted by Gasteiger charge is -2.30. The molecule has 0 radical (unpaired) electrons. The van der Waals surface area contributed by atoms with Crippen molar-refractivity contribution in [3.05, 3.63) is 53.4 Å². The predicted molar refractivity (Wildman–Crippen MR) is 99.9 cm³/mol. The third-order valence-corrected chi connectivity index (χ3v) is 5.41. The van der Waals surface area contributed by atoms with Crippen LogP contribution in [0.2, 0.25) is 0 Å². The predicted octanol–water partition coefficient (Wildman–Crippen LogP) is 3.87. The minimum absolute atomic E-state index is 0.488. The first-order valence-electron chi connectivity index (χ1n) is 9.32. The summed E-state index contributed by atoms with van der Waals surface area (Å²) in [5.41, 5.74) is 4.92. The second-order valence-corrected chi connectivity index (χ2v) is 7.51. The maximum Gasteiger partial charge on any atom is 0.110 e. The number of pyridine rings is 1. The van der Waals surface area contributed by atoms with Crippen molar-refractivity contribution in [3.8, 4) is 0 Å². The van der Waals surface area contributed by atoms with Gasteiger partial charge in [0.1, 0.15) is 5.82 Å². The third kappa shape index (κ3) is 3.21. The normalized spacial score (nSPS) is 17.0. The van der Waals surface area contributed by atoms with Crippen molar-refractivity contribution >= 4 is 5.52 Å². The molecule has 1 fully saturated rings. The summed E-state index contributed by atoms with van der Waals surface area (Å²) in [6.07, 6.45) is 4.47. The quantitative estimate of drug-likeness (QED) is 0.786. The molecule has 132 valence electrons. The Kier molecular flexibility index (Phi) is 4.34. The first-order valence-corrected chi connectivity index (χ1v) is 9.32. The molecule has 3 aromatic heterocycles. The minimum Gasteiger partial charge on any atom is -0.304 e. The van der Waals surface area contributed by atoms with Crippen LogP contribution in [0.4, 0.5) is 0 Å². The number of hydrogen-bond acceptors (Lipinski definition) is 3. The fourth-order valence-electron chi connectivity index (χ4n) is 3.86. The Bertz CT molecular complexity index is 852. The summed E-state index contributed by atoms with van der Waals surface area (Å²) in [5.74, 6) is 2.17. The van der Waals surface area contributed by atoms with E-state index in [9.17, 15) is 0 Å². The minimum atomic E-state index is 0.488. The first kappa shape index (κ1) is 16.3. The molecule has 0 aromatic carbocycles. The molecule has 1 N–H and O–H groups in total. The zero-order chi connectivity index (χ0) is 17.4. The first-order chi connectivity index (χ1) is 12.1. The van der Waals surface area contributed by atoms with Crippen molar-refractivity contribution < 1.29 is 0 Å². The molecule has 1 aliphatic heterocycles. The van der Waals surface area contributed by atoms with Gasteiger partial charge in [-0.25, -0.2) is 4.98 Å². The van der Waals surface area contributed by atoms with Gasteiger partial charge in [-0.1, -0.05) is 19.9 Å². The van der Waals surface area contributed by atoms with Gasteiger partial charge in [-0.3, -0.25) is 10.00 Å². The van der Waals surface area contributed by atoms with E-state index >= 15 is 0 Å². The maximum atomic E-state index is 4.79. The van der Waals surface area contributed by atoms with E-state index in [1.54, 1.807) is 0 Å². The Morgan fingerprint density at radius 2 is 2.04 bits per heavy atom. The molecule has 0 bridgehead atoms. The molecule has 1 aliphatic rings. The highest BCUT2D eigenvalue weighted by atomic mass is 15.2. The average molecular weight is 337 g/mol. The van der Waals surface area contributed by atoms with Crippen molar-refractivity contribution in [1.82, 2.24) is 24.5 Å². The zero-order valence-electron chi connectivity index (χ0n) is 15.4. The van der Waals surface area contributed by atoms with E-state index in [2.05, 4.69) is 70.7 Å². The number of likely N-dealkylation sites (tertiary alicyclic amines) is 1. The van der Waals surface area contributed by atoms with E-state index in [1.807, 2.05) is 0 Å². The van der Waals surface area contributed by atoms with Gasteiger partial charge >= 0.3 is 0 Å².